The van der Waals surface area contributed by atoms with Crippen LogP contribution >= 0.6 is 22.9 Å². The van der Waals surface area contributed by atoms with E-state index in [0.717, 1.165) is 23.8 Å². The molecule has 102 valence electrons. The van der Waals surface area contributed by atoms with Gasteiger partial charge in [0.2, 0.25) is 0 Å². The van der Waals surface area contributed by atoms with Crippen molar-refractivity contribution in [2.24, 2.45) is 0 Å². The molecule has 1 aliphatic rings. The third-order valence-corrected chi connectivity index (χ3v) is 5.40. The lowest BCUT2D eigenvalue weighted by Gasteiger charge is -2.43. The van der Waals surface area contributed by atoms with Crippen LogP contribution in [0.5, 0.6) is 0 Å². The van der Waals surface area contributed by atoms with Crippen molar-refractivity contribution in [1.29, 1.82) is 0 Å². The molecule has 0 amide bonds. The van der Waals surface area contributed by atoms with Crippen molar-refractivity contribution in [2.75, 3.05) is 26.2 Å². The topological polar surface area (TPSA) is 15.3 Å². The van der Waals surface area contributed by atoms with Crippen LogP contribution in [0.25, 0.3) is 0 Å². The first-order valence-corrected chi connectivity index (χ1v) is 8.08. The maximum atomic E-state index is 5.97. The zero-order chi connectivity index (χ0) is 13.0. The summed E-state index contributed by atoms with van der Waals surface area (Å²) < 4.78 is 0.904. The van der Waals surface area contributed by atoms with E-state index in [1.807, 2.05) is 6.07 Å². The Balaban J connectivity index is 1.86. The molecule has 0 atom stereocenters. The number of rotatable bonds is 5. The number of hydrogen-bond acceptors (Lipinski definition) is 3. The highest BCUT2D eigenvalue weighted by Gasteiger charge is 2.31. The minimum atomic E-state index is 0.339. The van der Waals surface area contributed by atoms with Crippen LogP contribution in [0.15, 0.2) is 12.1 Å². The SMILES string of the molecule is CCC1(CC)CN(CCc2ccc(Cl)s2)CCN1. The molecule has 0 saturated carbocycles. The van der Waals surface area contributed by atoms with Crippen molar-refractivity contribution >= 4 is 22.9 Å². The van der Waals surface area contributed by atoms with E-state index >= 15 is 0 Å². The van der Waals surface area contributed by atoms with Gasteiger partial charge >= 0.3 is 0 Å². The molecule has 1 aromatic heterocycles. The molecule has 1 N–H and O–H groups in total. The van der Waals surface area contributed by atoms with Gasteiger partial charge in [0.05, 0.1) is 4.34 Å². The molecule has 1 aliphatic heterocycles. The average molecular weight is 287 g/mol. The number of halogens is 1. The van der Waals surface area contributed by atoms with Crippen LogP contribution in [-0.4, -0.2) is 36.6 Å². The number of piperazine rings is 1. The molecule has 2 heterocycles. The quantitative estimate of drug-likeness (QED) is 0.892. The first-order chi connectivity index (χ1) is 8.67. The fourth-order valence-corrected chi connectivity index (χ4v) is 3.79. The van der Waals surface area contributed by atoms with E-state index in [-0.39, 0.29) is 0 Å². The Bertz CT molecular complexity index is 374. The van der Waals surface area contributed by atoms with Gasteiger partial charge < -0.3 is 5.32 Å². The molecule has 0 aromatic carbocycles. The summed E-state index contributed by atoms with van der Waals surface area (Å²) in [6, 6.07) is 4.16. The molecule has 2 rings (SSSR count). The minimum Gasteiger partial charge on any atom is -0.309 e. The molecule has 18 heavy (non-hydrogen) atoms. The first kappa shape index (κ1) is 14.3. The summed E-state index contributed by atoms with van der Waals surface area (Å²) >= 11 is 7.68. The standard InChI is InChI=1S/C14H23ClN2S/c1-3-14(4-2)11-17(10-8-16-14)9-7-12-5-6-13(15)18-12/h5-6,16H,3-4,7-11H2,1-2H3. The molecular weight excluding hydrogens is 264 g/mol. The second-order valence-electron chi connectivity index (χ2n) is 5.15. The second kappa shape index (κ2) is 6.38. The Morgan fingerprint density at radius 3 is 2.78 bits per heavy atom. The molecule has 0 bridgehead atoms. The molecule has 1 fully saturated rings. The first-order valence-electron chi connectivity index (χ1n) is 6.89. The van der Waals surface area contributed by atoms with E-state index in [2.05, 4.69) is 30.1 Å². The number of thiophene rings is 1. The maximum absolute atomic E-state index is 5.97. The predicted octanol–water partition coefficient (Wildman–Crippen LogP) is 3.41. The van der Waals surface area contributed by atoms with Crippen molar-refractivity contribution < 1.29 is 0 Å². The van der Waals surface area contributed by atoms with E-state index in [1.165, 1.54) is 30.8 Å². The van der Waals surface area contributed by atoms with Crippen molar-refractivity contribution in [3.63, 3.8) is 0 Å². The summed E-state index contributed by atoms with van der Waals surface area (Å²) in [4.78, 5) is 3.99. The normalized spacial score (nSPS) is 20.2. The summed E-state index contributed by atoms with van der Waals surface area (Å²) in [5, 5.41) is 3.70. The summed E-state index contributed by atoms with van der Waals surface area (Å²) in [6.45, 7) is 9.20. The largest absolute Gasteiger partial charge is 0.309 e. The average Bonchev–Trinajstić information content (AvgIpc) is 2.82. The molecule has 0 spiro atoms. The van der Waals surface area contributed by atoms with Gasteiger partial charge in [0.1, 0.15) is 0 Å². The van der Waals surface area contributed by atoms with E-state index in [0.29, 0.717) is 5.54 Å². The van der Waals surface area contributed by atoms with Crippen LogP contribution in [0.1, 0.15) is 31.6 Å². The predicted molar refractivity (Wildman–Crippen MR) is 80.8 cm³/mol. The summed E-state index contributed by atoms with van der Waals surface area (Å²) in [6.07, 6.45) is 3.55. The summed E-state index contributed by atoms with van der Waals surface area (Å²) in [5.41, 5.74) is 0.339. The van der Waals surface area contributed by atoms with E-state index in [4.69, 9.17) is 11.6 Å². The Morgan fingerprint density at radius 1 is 1.39 bits per heavy atom. The minimum absolute atomic E-state index is 0.339. The molecule has 0 aliphatic carbocycles. The second-order valence-corrected chi connectivity index (χ2v) is 6.95. The van der Waals surface area contributed by atoms with Gasteiger partial charge in [-0.2, -0.15) is 0 Å². The zero-order valence-electron chi connectivity index (χ0n) is 11.3. The van der Waals surface area contributed by atoms with Gasteiger partial charge in [-0.15, -0.1) is 11.3 Å². The van der Waals surface area contributed by atoms with Gasteiger partial charge in [-0.05, 0) is 31.4 Å². The van der Waals surface area contributed by atoms with Gasteiger partial charge in [-0.25, -0.2) is 0 Å². The molecule has 2 nitrogen and oxygen atoms in total. The zero-order valence-corrected chi connectivity index (χ0v) is 12.9. The van der Waals surface area contributed by atoms with Crippen LogP contribution in [0.4, 0.5) is 0 Å². The van der Waals surface area contributed by atoms with Crippen LogP contribution in [0.3, 0.4) is 0 Å². The van der Waals surface area contributed by atoms with Crippen molar-refractivity contribution in [1.82, 2.24) is 10.2 Å². The van der Waals surface area contributed by atoms with E-state index in [9.17, 15) is 0 Å². The Labute approximate surface area is 119 Å². The Kier molecular flexibility index (Phi) is 5.07. The molecular formula is C14H23ClN2S. The Hall–Kier alpha value is -0.0900. The number of nitrogens with zero attached hydrogens (tertiary/aromatic N) is 1. The van der Waals surface area contributed by atoms with Gasteiger partial charge in [0, 0.05) is 36.6 Å². The third-order valence-electron chi connectivity index (χ3n) is 4.11. The lowest BCUT2D eigenvalue weighted by Crippen LogP contribution is -2.60. The fraction of sp³-hybridized carbons (Fsp3) is 0.714. The van der Waals surface area contributed by atoms with Crippen molar-refractivity contribution in [3.05, 3.63) is 21.3 Å². The van der Waals surface area contributed by atoms with Crippen molar-refractivity contribution in [2.45, 2.75) is 38.6 Å². The van der Waals surface area contributed by atoms with Crippen LogP contribution in [0, 0.1) is 0 Å². The van der Waals surface area contributed by atoms with Gasteiger partial charge in [0.25, 0.3) is 0 Å². The molecule has 1 aromatic rings. The maximum Gasteiger partial charge on any atom is 0.0931 e. The molecule has 0 radical (unpaired) electrons. The summed E-state index contributed by atoms with van der Waals surface area (Å²) in [7, 11) is 0. The molecule has 0 unspecified atom stereocenters. The molecule has 4 heteroatoms. The highest BCUT2D eigenvalue weighted by atomic mass is 35.5. The van der Waals surface area contributed by atoms with Gasteiger partial charge in [-0.3, -0.25) is 4.90 Å². The van der Waals surface area contributed by atoms with Crippen LogP contribution in [-0.2, 0) is 6.42 Å². The Morgan fingerprint density at radius 2 is 2.17 bits per heavy atom. The smallest absolute Gasteiger partial charge is 0.0931 e. The number of hydrogen-bond donors (Lipinski definition) is 1. The van der Waals surface area contributed by atoms with Crippen LogP contribution in [0.2, 0.25) is 4.34 Å². The highest BCUT2D eigenvalue weighted by molar-refractivity contribution is 7.16. The highest BCUT2D eigenvalue weighted by Crippen LogP contribution is 2.23. The monoisotopic (exact) mass is 286 g/mol. The van der Waals surface area contributed by atoms with Crippen molar-refractivity contribution in [3.8, 4) is 0 Å². The lowest BCUT2D eigenvalue weighted by atomic mass is 9.90. The van der Waals surface area contributed by atoms with Gasteiger partial charge in [-0.1, -0.05) is 25.4 Å². The van der Waals surface area contributed by atoms with Crippen LogP contribution < -0.4 is 5.32 Å². The molecule has 1 saturated heterocycles. The summed E-state index contributed by atoms with van der Waals surface area (Å²) in [5.74, 6) is 0. The van der Waals surface area contributed by atoms with E-state index < -0.39 is 0 Å². The lowest BCUT2D eigenvalue weighted by molar-refractivity contribution is 0.125. The number of nitrogens with one attached hydrogen (secondary N) is 1. The van der Waals surface area contributed by atoms with E-state index in [1.54, 1.807) is 11.3 Å². The van der Waals surface area contributed by atoms with Gasteiger partial charge in [0.15, 0.2) is 0 Å². The fourth-order valence-electron chi connectivity index (χ4n) is 2.71. The third kappa shape index (κ3) is 3.47.